The van der Waals surface area contributed by atoms with Crippen LogP contribution in [0.4, 0.5) is 14.9 Å². The number of aryl methyl sites for hydroxylation is 2. The fourth-order valence-corrected chi connectivity index (χ4v) is 3.00. The zero-order valence-corrected chi connectivity index (χ0v) is 16.1. The number of imide groups is 1. The summed E-state index contributed by atoms with van der Waals surface area (Å²) < 4.78 is 13.7. The molecular formula is C18H21FN4O2S. The third-order valence-corrected chi connectivity index (χ3v) is 4.54. The maximum Gasteiger partial charge on any atom is 0.326 e. The summed E-state index contributed by atoms with van der Waals surface area (Å²) in [5, 5.41) is 4.91. The Morgan fingerprint density at radius 2 is 1.92 bits per heavy atom. The number of hydrogen-bond acceptors (Lipinski definition) is 5. The molecule has 0 radical (unpaired) electrons. The van der Waals surface area contributed by atoms with Crippen LogP contribution in [0.2, 0.25) is 0 Å². The van der Waals surface area contributed by atoms with Gasteiger partial charge in [0, 0.05) is 11.1 Å². The lowest BCUT2D eigenvalue weighted by Gasteiger charge is -2.16. The number of urea groups is 1. The van der Waals surface area contributed by atoms with Crippen LogP contribution in [-0.2, 0) is 0 Å². The minimum Gasteiger partial charge on any atom is -0.305 e. The summed E-state index contributed by atoms with van der Waals surface area (Å²) in [6, 6.07) is 2.16. The summed E-state index contributed by atoms with van der Waals surface area (Å²) in [7, 11) is 0. The highest BCUT2D eigenvalue weighted by Crippen LogP contribution is 2.31. The molecule has 26 heavy (non-hydrogen) atoms. The van der Waals surface area contributed by atoms with E-state index in [1.54, 1.807) is 19.2 Å². The van der Waals surface area contributed by atoms with Crippen LogP contribution in [0, 0.1) is 19.7 Å². The number of amides is 3. The molecule has 0 spiro atoms. The third-order valence-electron chi connectivity index (χ3n) is 3.76. The zero-order valence-electron chi connectivity index (χ0n) is 15.3. The van der Waals surface area contributed by atoms with Gasteiger partial charge in [-0.3, -0.25) is 20.1 Å². The normalized spacial score (nSPS) is 10.7. The molecule has 0 unspecified atom stereocenters. The summed E-state index contributed by atoms with van der Waals surface area (Å²) in [6.07, 6.45) is 3.57. The summed E-state index contributed by atoms with van der Waals surface area (Å²) in [5.74, 6) is -1.22. The van der Waals surface area contributed by atoms with Gasteiger partial charge in [-0.15, -0.1) is 11.8 Å². The van der Waals surface area contributed by atoms with Gasteiger partial charge >= 0.3 is 6.03 Å². The summed E-state index contributed by atoms with van der Waals surface area (Å²) in [5.41, 5.74) is 1.85. The average molecular weight is 376 g/mol. The highest BCUT2D eigenvalue weighted by atomic mass is 32.2. The van der Waals surface area contributed by atoms with E-state index in [-0.39, 0.29) is 17.2 Å². The lowest BCUT2D eigenvalue weighted by molar-refractivity contribution is 0.0965. The third kappa shape index (κ3) is 4.37. The van der Waals surface area contributed by atoms with E-state index in [0.29, 0.717) is 11.4 Å². The molecule has 6 nitrogen and oxygen atoms in total. The minimum absolute atomic E-state index is 0.0172. The van der Waals surface area contributed by atoms with E-state index >= 15 is 0 Å². The SMILES string of the molecule is CSc1ccnc(C(C)C)c1NC(=O)NC(=O)c1cc(F)c(C)nc1C. The fraction of sp³-hybridized carbons (Fsp3) is 0.333. The maximum atomic E-state index is 13.7. The van der Waals surface area contributed by atoms with E-state index in [9.17, 15) is 14.0 Å². The number of carbonyl (C=O) groups is 2. The first kappa shape index (κ1) is 19.8. The van der Waals surface area contributed by atoms with Gasteiger partial charge in [0.2, 0.25) is 0 Å². The van der Waals surface area contributed by atoms with Gasteiger partial charge in [0.1, 0.15) is 5.82 Å². The first-order valence-electron chi connectivity index (χ1n) is 8.03. The van der Waals surface area contributed by atoms with Crippen molar-refractivity contribution in [2.75, 3.05) is 11.6 Å². The van der Waals surface area contributed by atoms with Gasteiger partial charge in [-0.2, -0.15) is 0 Å². The number of nitrogens with zero attached hydrogens (tertiary/aromatic N) is 2. The van der Waals surface area contributed by atoms with Gasteiger partial charge in [-0.1, -0.05) is 13.8 Å². The van der Waals surface area contributed by atoms with Crippen molar-refractivity contribution >= 4 is 29.4 Å². The van der Waals surface area contributed by atoms with E-state index < -0.39 is 17.8 Å². The Kier molecular flexibility index (Phi) is 6.31. The van der Waals surface area contributed by atoms with Crippen molar-refractivity contribution in [1.29, 1.82) is 0 Å². The van der Waals surface area contributed by atoms with Crippen LogP contribution in [-0.4, -0.2) is 28.2 Å². The van der Waals surface area contributed by atoms with Crippen molar-refractivity contribution in [3.8, 4) is 0 Å². The van der Waals surface area contributed by atoms with Gasteiger partial charge in [0.25, 0.3) is 5.91 Å². The number of rotatable bonds is 4. The largest absolute Gasteiger partial charge is 0.326 e. The van der Waals surface area contributed by atoms with Crippen molar-refractivity contribution in [3.05, 3.63) is 46.8 Å². The fourth-order valence-electron chi connectivity index (χ4n) is 2.44. The minimum atomic E-state index is -0.716. The molecule has 8 heteroatoms. The van der Waals surface area contributed by atoms with Crippen LogP contribution in [0.3, 0.4) is 0 Å². The van der Waals surface area contributed by atoms with Gasteiger partial charge in [-0.05, 0) is 38.2 Å². The van der Waals surface area contributed by atoms with Crippen molar-refractivity contribution in [3.63, 3.8) is 0 Å². The van der Waals surface area contributed by atoms with E-state index in [0.717, 1.165) is 16.7 Å². The highest BCUT2D eigenvalue weighted by Gasteiger charge is 2.19. The van der Waals surface area contributed by atoms with Crippen LogP contribution < -0.4 is 10.6 Å². The first-order valence-corrected chi connectivity index (χ1v) is 9.26. The molecule has 0 saturated carbocycles. The smallest absolute Gasteiger partial charge is 0.305 e. The monoisotopic (exact) mass is 376 g/mol. The van der Waals surface area contributed by atoms with E-state index in [4.69, 9.17) is 0 Å². The molecule has 3 amide bonds. The molecule has 0 aliphatic carbocycles. The van der Waals surface area contributed by atoms with Crippen LogP contribution in [0.25, 0.3) is 0 Å². The second kappa shape index (κ2) is 8.27. The molecule has 0 bridgehead atoms. The number of thioether (sulfide) groups is 1. The Morgan fingerprint density at radius 1 is 1.23 bits per heavy atom. The molecule has 0 saturated heterocycles. The van der Waals surface area contributed by atoms with Crippen molar-refractivity contribution < 1.29 is 14.0 Å². The Bertz CT molecular complexity index is 855. The zero-order chi connectivity index (χ0) is 19.4. The lowest BCUT2D eigenvalue weighted by atomic mass is 10.1. The van der Waals surface area contributed by atoms with Crippen LogP contribution in [0.1, 0.15) is 47.2 Å². The van der Waals surface area contributed by atoms with Gasteiger partial charge < -0.3 is 5.32 Å². The number of aromatic nitrogens is 2. The van der Waals surface area contributed by atoms with Crippen molar-refractivity contribution in [2.45, 2.75) is 38.5 Å². The molecule has 0 aliphatic heterocycles. The van der Waals surface area contributed by atoms with Gasteiger partial charge in [-0.25, -0.2) is 9.18 Å². The van der Waals surface area contributed by atoms with Crippen molar-refractivity contribution in [1.82, 2.24) is 15.3 Å². The molecule has 2 aromatic rings. The molecule has 138 valence electrons. The quantitative estimate of drug-likeness (QED) is 0.787. The predicted octanol–water partition coefficient (Wildman–Crippen LogP) is 4.04. The molecule has 0 fully saturated rings. The predicted molar refractivity (Wildman–Crippen MR) is 100 cm³/mol. The molecule has 0 aliphatic rings. The topological polar surface area (TPSA) is 84.0 Å². The Hall–Kier alpha value is -2.48. The molecule has 2 heterocycles. The number of pyridine rings is 2. The van der Waals surface area contributed by atoms with Gasteiger partial charge in [0.05, 0.1) is 28.3 Å². The molecule has 0 aromatic carbocycles. The molecule has 2 rings (SSSR count). The second-order valence-corrected chi connectivity index (χ2v) is 6.87. The Labute approximate surface area is 156 Å². The standard InChI is InChI=1S/C18H21FN4O2S/c1-9(2)15-16(14(26-5)6-7-20-15)22-18(25)23-17(24)12-8-13(19)11(4)21-10(12)3/h6-9H,1-5H3,(H2,22,23,24,25). The maximum absolute atomic E-state index is 13.7. The first-order chi connectivity index (χ1) is 12.2. The highest BCUT2D eigenvalue weighted by molar-refractivity contribution is 7.98. The van der Waals surface area contributed by atoms with E-state index in [1.807, 2.05) is 20.1 Å². The summed E-state index contributed by atoms with van der Waals surface area (Å²) in [6.45, 7) is 7.02. The number of nitrogens with one attached hydrogen (secondary N) is 2. The lowest BCUT2D eigenvalue weighted by Crippen LogP contribution is -2.35. The molecule has 2 aromatic heterocycles. The van der Waals surface area contributed by atoms with Crippen LogP contribution in [0.15, 0.2) is 23.2 Å². The van der Waals surface area contributed by atoms with Crippen LogP contribution >= 0.6 is 11.8 Å². The number of carbonyl (C=O) groups excluding carboxylic acids is 2. The Balaban J connectivity index is 2.22. The van der Waals surface area contributed by atoms with E-state index in [1.165, 1.54) is 18.7 Å². The summed E-state index contributed by atoms with van der Waals surface area (Å²) in [4.78, 5) is 33.7. The van der Waals surface area contributed by atoms with Gasteiger partial charge in [0.15, 0.2) is 0 Å². The van der Waals surface area contributed by atoms with E-state index in [2.05, 4.69) is 20.6 Å². The molecule has 0 atom stereocenters. The number of halogens is 1. The average Bonchev–Trinajstić information content (AvgIpc) is 2.57. The second-order valence-electron chi connectivity index (χ2n) is 6.02. The number of anilines is 1. The summed E-state index contributed by atoms with van der Waals surface area (Å²) >= 11 is 1.46. The van der Waals surface area contributed by atoms with Crippen molar-refractivity contribution in [2.24, 2.45) is 0 Å². The molecular weight excluding hydrogens is 355 g/mol. The number of hydrogen-bond donors (Lipinski definition) is 2. The van der Waals surface area contributed by atoms with Crippen LogP contribution in [0.5, 0.6) is 0 Å². The Morgan fingerprint density at radius 3 is 2.54 bits per heavy atom. The molecule has 2 N–H and O–H groups in total.